The summed E-state index contributed by atoms with van der Waals surface area (Å²) in [5.74, 6) is 1.14. The molecule has 2 heterocycles. The molecule has 0 fully saturated rings. The fourth-order valence-electron chi connectivity index (χ4n) is 2.48. The number of halogens is 2. The molecule has 1 aromatic carbocycles. The normalized spacial score (nSPS) is 14.5. The predicted octanol–water partition coefficient (Wildman–Crippen LogP) is 5.25. The van der Waals surface area contributed by atoms with Crippen molar-refractivity contribution in [3.8, 4) is 0 Å². The Bertz CT molecular complexity index is 750. The van der Waals surface area contributed by atoms with Gasteiger partial charge in [0.1, 0.15) is 5.82 Å². The first-order valence-electron chi connectivity index (χ1n) is 6.76. The quantitative estimate of drug-likeness (QED) is 0.607. The van der Waals surface area contributed by atoms with Crippen LogP contribution in [0.4, 0.5) is 0 Å². The highest BCUT2D eigenvalue weighted by Crippen LogP contribution is 2.31. The molecular weight excluding hydrogens is 325 g/mol. The summed E-state index contributed by atoms with van der Waals surface area (Å²) in [6.07, 6.45) is 1.83. The average Bonchev–Trinajstić information content (AvgIpc) is 3.07. The zero-order valence-corrected chi connectivity index (χ0v) is 14.1. The van der Waals surface area contributed by atoms with E-state index in [1.165, 1.54) is 0 Å². The number of hydrogen-bond acceptors (Lipinski definition) is 3. The molecule has 6 heteroatoms. The van der Waals surface area contributed by atoms with Crippen LogP contribution in [0.5, 0.6) is 0 Å². The van der Waals surface area contributed by atoms with E-state index in [4.69, 9.17) is 23.2 Å². The van der Waals surface area contributed by atoms with Crippen LogP contribution in [0.3, 0.4) is 0 Å². The van der Waals surface area contributed by atoms with E-state index < -0.39 is 0 Å². The van der Waals surface area contributed by atoms with Gasteiger partial charge in [-0.1, -0.05) is 24.6 Å². The summed E-state index contributed by atoms with van der Waals surface area (Å²) in [4.78, 5) is 9.03. The maximum absolute atomic E-state index is 6.37. The van der Waals surface area contributed by atoms with Crippen molar-refractivity contribution >= 4 is 45.6 Å². The van der Waals surface area contributed by atoms with Gasteiger partial charge in [0.2, 0.25) is 0 Å². The van der Waals surface area contributed by atoms with Gasteiger partial charge in [-0.25, -0.2) is 9.97 Å². The number of rotatable bonds is 4. The summed E-state index contributed by atoms with van der Waals surface area (Å²) in [6, 6.07) is 5.77. The van der Waals surface area contributed by atoms with Crippen molar-refractivity contribution in [2.24, 2.45) is 0 Å². The van der Waals surface area contributed by atoms with E-state index in [0.29, 0.717) is 5.02 Å². The van der Waals surface area contributed by atoms with Crippen LogP contribution in [0, 0.1) is 0 Å². The smallest absolute Gasteiger partial charge is 0.127 e. The molecule has 0 spiro atoms. The molecule has 2 aromatic heterocycles. The number of aromatic nitrogens is 3. The second kappa shape index (κ2) is 5.95. The average molecular weight is 340 g/mol. The zero-order valence-electron chi connectivity index (χ0n) is 11.8. The molecule has 0 aliphatic rings. The van der Waals surface area contributed by atoms with E-state index in [-0.39, 0.29) is 11.3 Å². The Hall–Kier alpha value is -1.10. The fraction of sp³-hybridized carbons (Fsp3) is 0.333. The highest BCUT2D eigenvalue weighted by atomic mass is 35.5. The number of alkyl halides is 1. The first kappa shape index (κ1) is 14.8. The van der Waals surface area contributed by atoms with Gasteiger partial charge in [-0.3, -0.25) is 0 Å². The molecule has 0 saturated heterocycles. The number of imidazole rings is 1. The zero-order chi connectivity index (χ0) is 15.0. The Labute approximate surface area is 137 Å². The third kappa shape index (κ3) is 2.80. The Morgan fingerprint density at radius 3 is 2.81 bits per heavy atom. The summed E-state index contributed by atoms with van der Waals surface area (Å²) >= 11 is 14.3. The standard InChI is InChI=1S/C15H15Cl2N3S/c1-9(15-18-6-7-21-15)8-20-13-11(17)4-3-5-12(13)19-14(20)10(2)16/h3-7,9-10H,8H2,1-2H3. The molecule has 3 nitrogen and oxygen atoms in total. The minimum Gasteiger partial charge on any atom is -0.325 e. The first-order chi connectivity index (χ1) is 10.1. The van der Waals surface area contributed by atoms with Crippen LogP contribution in [0.15, 0.2) is 29.8 Å². The molecule has 2 unspecified atom stereocenters. The third-order valence-corrected chi connectivity index (χ3v) is 4.94. The summed E-state index contributed by atoms with van der Waals surface area (Å²) < 4.78 is 2.13. The molecule has 110 valence electrons. The maximum Gasteiger partial charge on any atom is 0.127 e. The second-order valence-electron chi connectivity index (χ2n) is 5.08. The molecule has 0 amide bonds. The van der Waals surface area contributed by atoms with Crippen molar-refractivity contribution in [3.63, 3.8) is 0 Å². The molecule has 0 saturated carbocycles. The molecule has 0 radical (unpaired) electrons. The van der Waals surface area contributed by atoms with E-state index in [9.17, 15) is 0 Å². The van der Waals surface area contributed by atoms with Crippen LogP contribution < -0.4 is 0 Å². The van der Waals surface area contributed by atoms with Crippen molar-refractivity contribution < 1.29 is 0 Å². The predicted molar refractivity (Wildman–Crippen MR) is 89.5 cm³/mol. The van der Waals surface area contributed by atoms with Crippen molar-refractivity contribution in [1.29, 1.82) is 0 Å². The van der Waals surface area contributed by atoms with Gasteiger partial charge in [-0.15, -0.1) is 22.9 Å². The minimum absolute atomic E-state index is 0.169. The lowest BCUT2D eigenvalue weighted by atomic mass is 10.2. The van der Waals surface area contributed by atoms with E-state index in [1.807, 2.05) is 36.7 Å². The van der Waals surface area contributed by atoms with Crippen molar-refractivity contribution in [2.45, 2.75) is 31.7 Å². The number of nitrogens with zero attached hydrogens (tertiary/aromatic N) is 3. The molecule has 3 rings (SSSR count). The molecule has 2 atom stereocenters. The molecule has 0 N–H and O–H groups in total. The van der Waals surface area contributed by atoms with Crippen molar-refractivity contribution in [1.82, 2.24) is 14.5 Å². The van der Waals surface area contributed by atoms with Gasteiger partial charge in [0, 0.05) is 24.0 Å². The Kier molecular flexibility index (Phi) is 4.20. The summed E-state index contributed by atoms with van der Waals surface area (Å²) in [5, 5.41) is 3.64. The van der Waals surface area contributed by atoms with Crippen LogP contribution in [-0.2, 0) is 6.54 Å². The SMILES string of the molecule is CC(Cl)c1nc2cccc(Cl)c2n1CC(C)c1nccs1. The minimum atomic E-state index is -0.169. The topological polar surface area (TPSA) is 30.7 Å². The van der Waals surface area contributed by atoms with E-state index in [2.05, 4.69) is 21.5 Å². The van der Waals surface area contributed by atoms with Gasteiger partial charge in [0.15, 0.2) is 0 Å². The summed E-state index contributed by atoms with van der Waals surface area (Å²) in [7, 11) is 0. The number of para-hydroxylation sites is 1. The fourth-order valence-corrected chi connectivity index (χ4v) is 3.61. The molecule has 21 heavy (non-hydrogen) atoms. The monoisotopic (exact) mass is 339 g/mol. The van der Waals surface area contributed by atoms with Crippen LogP contribution in [0.1, 0.15) is 36.0 Å². The number of benzene rings is 1. The maximum atomic E-state index is 6.37. The molecule has 0 bridgehead atoms. The van der Waals surface area contributed by atoms with Crippen LogP contribution in [0.25, 0.3) is 11.0 Å². The Morgan fingerprint density at radius 1 is 1.33 bits per heavy atom. The highest BCUT2D eigenvalue weighted by Gasteiger charge is 2.19. The number of fused-ring (bicyclic) bond motifs is 1. The van der Waals surface area contributed by atoms with E-state index in [1.54, 1.807) is 11.3 Å². The largest absolute Gasteiger partial charge is 0.325 e. The van der Waals surface area contributed by atoms with Crippen molar-refractivity contribution in [3.05, 3.63) is 45.6 Å². The van der Waals surface area contributed by atoms with Gasteiger partial charge < -0.3 is 4.57 Å². The van der Waals surface area contributed by atoms with Gasteiger partial charge in [0.25, 0.3) is 0 Å². The summed E-state index contributed by atoms with van der Waals surface area (Å²) in [6.45, 7) is 4.85. The molecule has 3 aromatic rings. The third-order valence-electron chi connectivity index (χ3n) is 3.43. The van der Waals surface area contributed by atoms with Crippen molar-refractivity contribution in [2.75, 3.05) is 0 Å². The summed E-state index contributed by atoms with van der Waals surface area (Å²) in [5.41, 5.74) is 1.83. The van der Waals surface area contributed by atoms with E-state index in [0.717, 1.165) is 28.4 Å². The number of thiazole rings is 1. The highest BCUT2D eigenvalue weighted by molar-refractivity contribution is 7.09. The lowest BCUT2D eigenvalue weighted by Crippen LogP contribution is -2.10. The van der Waals surface area contributed by atoms with Crippen LogP contribution in [0.2, 0.25) is 5.02 Å². The van der Waals surface area contributed by atoms with Gasteiger partial charge in [0.05, 0.1) is 26.4 Å². The molecule has 0 aliphatic heterocycles. The van der Waals surface area contributed by atoms with Crippen LogP contribution >= 0.6 is 34.5 Å². The van der Waals surface area contributed by atoms with E-state index >= 15 is 0 Å². The second-order valence-corrected chi connectivity index (χ2v) is 7.06. The van der Waals surface area contributed by atoms with Gasteiger partial charge in [-0.05, 0) is 19.1 Å². The molecule has 0 aliphatic carbocycles. The molecular formula is C15H15Cl2N3S. The van der Waals surface area contributed by atoms with Gasteiger partial charge in [-0.2, -0.15) is 0 Å². The first-order valence-corrected chi connectivity index (χ1v) is 8.45. The Morgan fingerprint density at radius 2 is 2.14 bits per heavy atom. The van der Waals surface area contributed by atoms with Crippen LogP contribution in [-0.4, -0.2) is 14.5 Å². The van der Waals surface area contributed by atoms with Gasteiger partial charge >= 0.3 is 0 Å². The Balaban J connectivity index is 2.09. The number of hydrogen-bond donors (Lipinski definition) is 0. The lowest BCUT2D eigenvalue weighted by molar-refractivity contribution is 0.583. The lowest BCUT2D eigenvalue weighted by Gasteiger charge is -2.15.